The van der Waals surface area contributed by atoms with Gasteiger partial charge >= 0.3 is 0 Å². The molecule has 7 heteroatoms. The second-order valence-corrected chi connectivity index (χ2v) is 8.58. The molecule has 3 aliphatic rings. The molecule has 1 unspecified atom stereocenters. The molecule has 3 heterocycles. The van der Waals surface area contributed by atoms with Gasteiger partial charge in [-0.1, -0.05) is 24.3 Å². The van der Waals surface area contributed by atoms with Crippen LogP contribution in [0.4, 0.5) is 11.4 Å². The van der Waals surface area contributed by atoms with Crippen molar-refractivity contribution in [3.05, 3.63) is 65.2 Å². The number of rotatable bonds is 4. The Morgan fingerprint density at radius 3 is 2.53 bits per heavy atom. The van der Waals surface area contributed by atoms with E-state index in [1.165, 1.54) is 16.7 Å². The highest BCUT2D eigenvalue weighted by molar-refractivity contribution is 5.93. The standard InChI is InChI=1S/C25H28N6O/c26-16-18-1-3-19(4-2-18)17-30-11-13-31(14-12-30)25(32)24-28-22-6-5-21(15-23(22)29-24)20-7-9-27-10-8-20/h1-7,15,24,27-29H,8-14,17H2. The first-order valence-electron chi connectivity index (χ1n) is 11.3. The molecule has 164 valence electrons. The van der Waals surface area contributed by atoms with Crippen molar-refractivity contribution in [3.8, 4) is 6.07 Å². The van der Waals surface area contributed by atoms with E-state index in [2.05, 4.69) is 51.2 Å². The lowest BCUT2D eigenvalue weighted by Gasteiger charge is -2.36. The molecule has 7 nitrogen and oxygen atoms in total. The lowest BCUT2D eigenvalue weighted by atomic mass is 9.99. The molecule has 2 aromatic rings. The molecule has 1 atom stereocenters. The summed E-state index contributed by atoms with van der Waals surface area (Å²) in [7, 11) is 0. The molecule has 0 radical (unpaired) electrons. The summed E-state index contributed by atoms with van der Waals surface area (Å²) < 4.78 is 0. The van der Waals surface area contributed by atoms with E-state index in [0.29, 0.717) is 5.56 Å². The van der Waals surface area contributed by atoms with Gasteiger partial charge in [0.25, 0.3) is 5.91 Å². The summed E-state index contributed by atoms with van der Waals surface area (Å²) in [6, 6.07) is 16.3. The number of benzene rings is 2. The van der Waals surface area contributed by atoms with Crippen LogP contribution in [-0.4, -0.2) is 61.1 Å². The Morgan fingerprint density at radius 1 is 1.03 bits per heavy atom. The van der Waals surface area contributed by atoms with Crippen LogP contribution in [-0.2, 0) is 11.3 Å². The van der Waals surface area contributed by atoms with Crippen molar-refractivity contribution in [2.75, 3.05) is 49.9 Å². The highest BCUT2D eigenvalue weighted by Gasteiger charge is 2.31. The van der Waals surface area contributed by atoms with Crippen molar-refractivity contribution in [2.24, 2.45) is 0 Å². The number of piperazine rings is 1. The smallest absolute Gasteiger partial charge is 0.265 e. The predicted octanol–water partition coefficient (Wildman–Crippen LogP) is 2.44. The second-order valence-electron chi connectivity index (χ2n) is 8.58. The number of fused-ring (bicyclic) bond motifs is 1. The molecule has 0 spiro atoms. The zero-order valence-corrected chi connectivity index (χ0v) is 18.1. The van der Waals surface area contributed by atoms with E-state index in [1.54, 1.807) is 0 Å². The van der Waals surface area contributed by atoms with Crippen LogP contribution in [0.3, 0.4) is 0 Å². The summed E-state index contributed by atoms with van der Waals surface area (Å²) in [6.07, 6.45) is 2.86. The minimum atomic E-state index is -0.410. The van der Waals surface area contributed by atoms with Crippen LogP contribution in [0.25, 0.3) is 5.57 Å². The SMILES string of the molecule is N#Cc1ccc(CN2CCN(C(=O)C3Nc4ccc(C5=CCNCC5)cc4N3)CC2)cc1. The molecule has 0 bridgehead atoms. The minimum absolute atomic E-state index is 0.0989. The fourth-order valence-corrected chi connectivity index (χ4v) is 4.60. The molecule has 0 aliphatic carbocycles. The third-order valence-electron chi connectivity index (χ3n) is 6.47. The number of carbonyl (C=O) groups excluding carboxylic acids is 1. The van der Waals surface area contributed by atoms with Crippen molar-refractivity contribution in [2.45, 2.75) is 19.1 Å². The molecule has 3 aliphatic heterocycles. The number of nitrogens with one attached hydrogen (secondary N) is 3. The van der Waals surface area contributed by atoms with Crippen molar-refractivity contribution < 1.29 is 4.79 Å². The molecule has 0 saturated carbocycles. The first kappa shape index (κ1) is 20.6. The van der Waals surface area contributed by atoms with E-state index in [9.17, 15) is 4.79 Å². The van der Waals surface area contributed by atoms with Gasteiger partial charge < -0.3 is 20.9 Å². The van der Waals surface area contributed by atoms with Crippen LogP contribution in [0.5, 0.6) is 0 Å². The highest BCUT2D eigenvalue weighted by atomic mass is 16.2. The predicted molar refractivity (Wildman–Crippen MR) is 126 cm³/mol. The summed E-state index contributed by atoms with van der Waals surface area (Å²) in [5, 5.41) is 19.0. The molecule has 5 rings (SSSR count). The largest absolute Gasteiger partial charge is 0.356 e. The van der Waals surface area contributed by atoms with Crippen LogP contribution in [0, 0.1) is 11.3 Å². The molecule has 3 N–H and O–H groups in total. The number of anilines is 2. The zero-order valence-electron chi connectivity index (χ0n) is 18.1. The summed E-state index contributed by atoms with van der Waals surface area (Å²) in [4.78, 5) is 17.4. The fourth-order valence-electron chi connectivity index (χ4n) is 4.60. The molecule has 1 amide bonds. The quantitative estimate of drug-likeness (QED) is 0.694. The number of carbonyl (C=O) groups is 1. The maximum absolute atomic E-state index is 13.1. The first-order valence-corrected chi connectivity index (χ1v) is 11.3. The molecule has 2 aromatic carbocycles. The van der Waals surface area contributed by atoms with Gasteiger partial charge in [0.2, 0.25) is 0 Å². The Morgan fingerprint density at radius 2 is 1.81 bits per heavy atom. The average Bonchev–Trinajstić information content (AvgIpc) is 3.29. The number of hydrogen-bond donors (Lipinski definition) is 3. The van der Waals surface area contributed by atoms with Gasteiger partial charge in [-0.15, -0.1) is 0 Å². The summed E-state index contributed by atoms with van der Waals surface area (Å²) >= 11 is 0. The lowest BCUT2D eigenvalue weighted by Crippen LogP contribution is -2.53. The molecule has 0 aromatic heterocycles. The third kappa shape index (κ3) is 4.33. The number of nitrogens with zero attached hydrogens (tertiary/aromatic N) is 3. The highest BCUT2D eigenvalue weighted by Crippen LogP contribution is 2.33. The number of hydrogen-bond acceptors (Lipinski definition) is 6. The molecular formula is C25H28N6O. The van der Waals surface area contributed by atoms with Crippen LogP contribution < -0.4 is 16.0 Å². The van der Waals surface area contributed by atoms with Gasteiger partial charge in [0.15, 0.2) is 6.17 Å². The number of nitriles is 1. The summed E-state index contributed by atoms with van der Waals surface area (Å²) in [5.74, 6) is 0.0989. The normalized spacial score (nSPS) is 20.5. The zero-order chi connectivity index (χ0) is 21.9. The van der Waals surface area contributed by atoms with Crippen molar-refractivity contribution >= 4 is 22.9 Å². The van der Waals surface area contributed by atoms with Gasteiger partial charge in [0, 0.05) is 39.3 Å². The van der Waals surface area contributed by atoms with Crippen molar-refractivity contribution in [1.29, 1.82) is 5.26 Å². The monoisotopic (exact) mass is 428 g/mol. The topological polar surface area (TPSA) is 83.4 Å². The Labute approximate surface area is 188 Å². The van der Waals surface area contributed by atoms with Crippen LogP contribution >= 0.6 is 0 Å². The van der Waals surface area contributed by atoms with E-state index in [4.69, 9.17) is 5.26 Å². The van der Waals surface area contributed by atoms with Crippen molar-refractivity contribution in [3.63, 3.8) is 0 Å². The van der Waals surface area contributed by atoms with Crippen LogP contribution in [0.1, 0.15) is 23.1 Å². The van der Waals surface area contributed by atoms with E-state index >= 15 is 0 Å². The molecule has 1 saturated heterocycles. The van der Waals surface area contributed by atoms with E-state index in [-0.39, 0.29) is 5.91 Å². The lowest BCUT2D eigenvalue weighted by molar-refractivity contribution is -0.133. The van der Waals surface area contributed by atoms with Crippen molar-refractivity contribution in [1.82, 2.24) is 15.1 Å². The Kier molecular flexibility index (Phi) is 5.80. The maximum Gasteiger partial charge on any atom is 0.265 e. The first-order chi connectivity index (χ1) is 15.7. The van der Waals surface area contributed by atoms with Gasteiger partial charge in [-0.3, -0.25) is 9.69 Å². The van der Waals surface area contributed by atoms with Crippen LogP contribution in [0.15, 0.2) is 48.5 Å². The summed E-state index contributed by atoms with van der Waals surface area (Å²) in [5.41, 5.74) is 6.45. The molecular weight excluding hydrogens is 400 g/mol. The third-order valence-corrected chi connectivity index (χ3v) is 6.47. The summed E-state index contributed by atoms with van der Waals surface area (Å²) in [6.45, 7) is 5.89. The van der Waals surface area contributed by atoms with Gasteiger partial charge in [-0.25, -0.2) is 0 Å². The Hall–Kier alpha value is -3.34. The maximum atomic E-state index is 13.1. The second kappa shape index (κ2) is 9.03. The molecule has 32 heavy (non-hydrogen) atoms. The van der Waals surface area contributed by atoms with E-state index in [0.717, 1.165) is 63.6 Å². The van der Waals surface area contributed by atoms with E-state index < -0.39 is 6.17 Å². The van der Waals surface area contributed by atoms with Crippen LogP contribution in [0.2, 0.25) is 0 Å². The Bertz CT molecular complexity index is 1060. The average molecular weight is 429 g/mol. The van der Waals surface area contributed by atoms with Gasteiger partial charge in [-0.2, -0.15) is 5.26 Å². The van der Waals surface area contributed by atoms with Gasteiger partial charge in [0.1, 0.15) is 0 Å². The van der Waals surface area contributed by atoms with Gasteiger partial charge in [0.05, 0.1) is 23.0 Å². The van der Waals surface area contributed by atoms with E-state index in [1.807, 2.05) is 29.2 Å². The minimum Gasteiger partial charge on any atom is -0.356 e. The fraction of sp³-hybridized carbons (Fsp3) is 0.360. The van der Waals surface area contributed by atoms with Gasteiger partial charge in [-0.05, 0) is 53.9 Å². The molecule has 1 fully saturated rings. The Balaban J connectivity index is 1.15. The number of amides is 1.